The van der Waals surface area contributed by atoms with E-state index in [1.54, 1.807) is 0 Å². The van der Waals surface area contributed by atoms with Crippen LogP contribution in [0.5, 0.6) is 0 Å². The topological polar surface area (TPSA) is 65.3 Å². The first kappa shape index (κ1) is 17.0. The zero-order chi connectivity index (χ0) is 16.8. The van der Waals surface area contributed by atoms with Crippen molar-refractivity contribution < 1.29 is 9.84 Å². The van der Waals surface area contributed by atoms with Crippen molar-refractivity contribution in [3.05, 3.63) is 11.8 Å². The number of ether oxygens (including phenoxy) is 1. The molecule has 2 atom stereocenters. The van der Waals surface area contributed by atoms with E-state index in [1.807, 2.05) is 13.0 Å². The van der Waals surface area contributed by atoms with Crippen LogP contribution in [0.2, 0.25) is 0 Å². The zero-order valence-electron chi connectivity index (χ0n) is 14.9. The predicted octanol–water partition coefficient (Wildman–Crippen LogP) is 3.26. The number of hydrogen-bond acceptors (Lipinski definition) is 4. The molecule has 0 spiro atoms. The van der Waals surface area contributed by atoms with Gasteiger partial charge < -0.3 is 20.6 Å². The van der Waals surface area contributed by atoms with Crippen LogP contribution in [0.1, 0.15) is 59.3 Å². The molecule has 4 rings (SSSR count). The van der Waals surface area contributed by atoms with E-state index in [0.717, 1.165) is 31.5 Å². The van der Waals surface area contributed by atoms with Crippen molar-refractivity contribution in [1.82, 2.24) is 5.32 Å². The Labute approximate surface area is 140 Å². The number of rotatable bonds is 7. The van der Waals surface area contributed by atoms with Gasteiger partial charge in [0.1, 0.15) is 0 Å². The second-order valence-electron chi connectivity index (χ2n) is 9.31. The van der Waals surface area contributed by atoms with Crippen molar-refractivity contribution >= 4 is 6.21 Å². The molecule has 0 saturated heterocycles. The summed E-state index contributed by atoms with van der Waals surface area (Å²) in [5.41, 5.74) is 2.03. The summed E-state index contributed by atoms with van der Waals surface area (Å²) in [6, 6.07) is 0. The van der Waals surface area contributed by atoms with Gasteiger partial charge in [-0.2, -0.15) is 0 Å². The fraction of sp³-hybridized carbons (Fsp3) is 0.842. The minimum atomic E-state index is -0.0399. The zero-order valence-corrected chi connectivity index (χ0v) is 14.9. The van der Waals surface area contributed by atoms with Gasteiger partial charge >= 0.3 is 0 Å². The average molecular weight is 320 g/mol. The molecule has 2 unspecified atom stereocenters. The molecule has 4 nitrogen and oxygen atoms in total. The molecule has 130 valence electrons. The maximum Gasteiger partial charge on any atom is 0.0705 e. The molecule has 0 radical (unpaired) electrons. The van der Waals surface area contributed by atoms with Gasteiger partial charge in [-0.15, -0.1) is 0 Å². The van der Waals surface area contributed by atoms with Crippen LogP contribution in [0.3, 0.4) is 0 Å². The fourth-order valence-electron chi connectivity index (χ4n) is 6.94. The molecule has 4 bridgehead atoms. The van der Waals surface area contributed by atoms with Crippen LogP contribution in [0.25, 0.3) is 0 Å². The number of nitrogens with one attached hydrogen (secondary N) is 2. The van der Waals surface area contributed by atoms with Crippen molar-refractivity contribution in [2.24, 2.45) is 16.2 Å². The molecule has 3 N–H and O–H groups in total. The highest BCUT2D eigenvalue weighted by atomic mass is 16.5. The Balaban J connectivity index is 1.83. The van der Waals surface area contributed by atoms with Crippen molar-refractivity contribution in [3.63, 3.8) is 0 Å². The molecule has 23 heavy (non-hydrogen) atoms. The first-order valence-electron chi connectivity index (χ1n) is 8.92. The molecule has 4 saturated carbocycles. The van der Waals surface area contributed by atoms with Gasteiger partial charge in [-0.25, -0.2) is 0 Å². The van der Waals surface area contributed by atoms with Crippen LogP contribution >= 0.6 is 0 Å². The average Bonchev–Trinajstić information content (AvgIpc) is 2.40. The summed E-state index contributed by atoms with van der Waals surface area (Å²) in [4.78, 5) is 0. The highest BCUT2D eigenvalue weighted by Crippen LogP contribution is 2.71. The molecule has 4 aliphatic carbocycles. The quantitative estimate of drug-likeness (QED) is 0.631. The summed E-state index contributed by atoms with van der Waals surface area (Å²) in [5, 5.41) is 20.0. The SMILES string of the molecule is C/C(=C/C=N)NCC12CC3(C)CC(C)(C1)CC(OCCO)(C3)C2. The van der Waals surface area contributed by atoms with E-state index in [0.29, 0.717) is 17.4 Å². The first-order chi connectivity index (χ1) is 10.8. The molecular formula is C19H32N2O2. The Kier molecular flexibility index (Phi) is 4.13. The van der Waals surface area contributed by atoms with Crippen LogP contribution in [-0.2, 0) is 4.74 Å². The standard InChI is InChI=1S/C19H32N2O2/c1-15(4-5-20)21-14-18-9-16(2)8-17(3,10-18)12-19(11-16,13-18)23-7-6-22/h4-5,20-22H,6-14H2,1-3H3/b15-4-,20-5?. The summed E-state index contributed by atoms with van der Waals surface area (Å²) < 4.78 is 6.27. The highest BCUT2D eigenvalue weighted by Gasteiger charge is 2.65. The Morgan fingerprint density at radius 1 is 1.13 bits per heavy atom. The number of aliphatic hydroxyl groups is 1. The smallest absolute Gasteiger partial charge is 0.0705 e. The lowest BCUT2D eigenvalue weighted by Gasteiger charge is -2.69. The lowest BCUT2D eigenvalue weighted by molar-refractivity contribution is -0.245. The maximum atomic E-state index is 9.23. The molecule has 0 aromatic heterocycles. The third-order valence-corrected chi connectivity index (χ3v) is 6.23. The lowest BCUT2D eigenvalue weighted by atomic mass is 9.39. The van der Waals surface area contributed by atoms with E-state index < -0.39 is 0 Å². The summed E-state index contributed by atoms with van der Waals surface area (Å²) in [5.74, 6) is 0. The van der Waals surface area contributed by atoms with E-state index in [9.17, 15) is 5.11 Å². The largest absolute Gasteiger partial charge is 0.394 e. The molecule has 4 aliphatic rings. The summed E-state index contributed by atoms with van der Waals surface area (Å²) in [6.07, 6.45) is 10.4. The van der Waals surface area contributed by atoms with Gasteiger partial charge in [0.15, 0.2) is 0 Å². The normalized spacial score (nSPS) is 45.3. The van der Waals surface area contributed by atoms with Crippen LogP contribution in [0.4, 0.5) is 0 Å². The summed E-state index contributed by atoms with van der Waals surface area (Å²) >= 11 is 0. The Hall–Kier alpha value is -0.870. The van der Waals surface area contributed by atoms with Crippen molar-refractivity contribution in [1.29, 1.82) is 5.41 Å². The summed E-state index contributed by atoms with van der Waals surface area (Å²) in [7, 11) is 0. The van der Waals surface area contributed by atoms with Gasteiger partial charge in [-0.1, -0.05) is 13.8 Å². The van der Waals surface area contributed by atoms with E-state index in [4.69, 9.17) is 10.1 Å². The van der Waals surface area contributed by atoms with Crippen molar-refractivity contribution in [2.45, 2.75) is 64.9 Å². The third-order valence-electron chi connectivity index (χ3n) is 6.23. The molecule has 0 aromatic rings. The van der Waals surface area contributed by atoms with Crippen LogP contribution in [0, 0.1) is 21.7 Å². The molecule has 0 amide bonds. The molecular weight excluding hydrogens is 288 g/mol. The molecule has 0 aliphatic heterocycles. The first-order valence-corrected chi connectivity index (χ1v) is 8.92. The molecule has 0 heterocycles. The number of hydrogen-bond donors (Lipinski definition) is 3. The predicted molar refractivity (Wildman–Crippen MR) is 92.7 cm³/mol. The monoisotopic (exact) mass is 320 g/mol. The highest BCUT2D eigenvalue weighted by molar-refractivity contribution is 5.68. The Morgan fingerprint density at radius 2 is 1.78 bits per heavy atom. The van der Waals surface area contributed by atoms with Gasteiger partial charge in [-0.3, -0.25) is 0 Å². The van der Waals surface area contributed by atoms with E-state index in [-0.39, 0.29) is 17.6 Å². The molecule has 4 heteroatoms. The van der Waals surface area contributed by atoms with Gasteiger partial charge in [0.05, 0.1) is 18.8 Å². The second-order valence-corrected chi connectivity index (χ2v) is 9.31. The Bertz CT molecular complexity index is 495. The second kappa shape index (κ2) is 5.59. The lowest BCUT2D eigenvalue weighted by Crippen LogP contribution is -2.65. The van der Waals surface area contributed by atoms with E-state index in [1.165, 1.54) is 25.5 Å². The van der Waals surface area contributed by atoms with Crippen LogP contribution in [-0.4, -0.2) is 36.7 Å². The Morgan fingerprint density at radius 3 is 2.35 bits per heavy atom. The van der Waals surface area contributed by atoms with Gasteiger partial charge in [-0.05, 0) is 67.8 Å². The molecule has 4 fully saturated rings. The van der Waals surface area contributed by atoms with Gasteiger partial charge in [0.2, 0.25) is 0 Å². The number of allylic oxidation sites excluding steroid dienone is 2. The van der Waals surface area contributed by atoms with E-state index >= 15 is 0 Å². The maximum absolute atomic E-state index is 9.23. The van der Waals surface area contributed by atoms with Crippen molar-refractivity contribution in [3.8, 4) is 0 Å². The van der Waals surface area contributed by atoms with Crippen molar-refractivity contribution in [2.75, 3.05) is 19.8 Å². The minimum absolute atomic E-state index is 0.0399. The fourth-order valence-corrected chi connectivity index (χ4v) is 6.94. The van der Waals surface area contributed by atoms with Gasteiger partial charge in [0.25, 0.3) is 0 Å². The van der Waals surface area contributed by atoms with Crippen LogP contribution in [0.15, 0.2) is 11.8 Å². The molecule has 0 aromatic carbocycles. The van der Waals surface area contributed by atoms with E-state index in [2.05, 4.69) is 19.2 Å². The number of aliphatic hydroxyl groups excluding tert-OH is 1. The van der Waals surface area contributed by atoms with Gasteiger partial charge in [0, 0.05) is 18.5 Å². The van der Waals surface area contributed by atoms with Crippen LogP contribution < -0.4 is 5.32 Å². The third kappa shape index (κ3) is 3.20. The minimum Gasteiger partial charge on any atom is -0.394 e. The summed E-state index contributed by atoms with van der Waals surface area (Å²) in [6.45, 7) is 8.46.